The van der Waals surface area contributed by atoms with Crippen molar-refractivity contribution < 1.29 is 4.74 Å². The monoisotopic (exact) mass is 207 g/mol. The lowest BCUT2D eigenvalue weighted by Gasteiger charge is -2.11. The molecule has 15 heavy (non-hydrogen) atoms. The van der Waals surface area contributed by atoms with E-state index in [2.05, 4.69) is 10.3 Å². The molecule has 1 saturated heterocycles. The Labute approximate surface area is 89.8 Å². The topological polar surface area (TPSA) is 60.2 Å². The molecule has 0 saturated carbocycles. The highest BCUT2D eigenvalue weighted by Crippen LogP contribution is 2.14. The van der Waals surface area contributed by atoms with Crippen LogP contribution in [-0.4, -0.2) is 24.2 Å². The Kier molecular flexibility index (Phi) is 3.40. The summed E-state index contributed by atoms with van der Waals surface area (Å²) in [4.78, 5) is 3.91. The summed E-state index contributed by atoms with van der Waals surface area (Å²) in [6, 6.07) is 4.21. The van der Waals surface area contributed by atoms with Crippen molar-refractivity contribution in [2.24, 2.45) is 0 Å². The lowest BCUT2D eigenvalue weighted by atomic mass is 10.2. The summed E-state index contributed by atoms with van der Waals surface area (Å²) < 4.78 is 5.59. The Morgan fingerprint density at radius 2 is 2.53 bits per heavy atom. The fraction of sp³-hybridized carbons (Fsp3) is 0.545. The van der Waals surface area contributed by atoms with Crippen LogP contribution >= 0.6 is 0 Å². The minimum absolute atomic E-state index is 0.506. The van der Waals surface area contributed by atoms with Crippen molar-refractivity contribution in [3.63, 3.8) is 0 Å². The van der Waals surface area contributed by atoms with E-state index < -0.39 is 0 Å². The van der Waals surface area contributed by atoms with Gasteiger partial charge in [0.05, 0.1) is 6.61 Å². The molecule has 4 nitrogen and oxygen atoms in total. The van der Waals surface area contributed by atoms with Crippen molar-refractivity contribution in [1.29, 1.82) is 0 Å². The quantitative estimate of drug-likeness (QED) is 0.778. The summed E-state index contributed by atoms with van der Waals surface area (Å²) in [6.07, 6.45) is 5.27. The maximum Gasteiger partial charge on any atom is 0.126 e. The van der Waals surface area contributed by atoms with Crippen LogP contribution in [0.5, 0.6) is 5.75 Å². The van der Waals surface area contributed by atoms with Gasteiger partial charge in [-0.15, -0.1) is 0 Å². The molecule has 1 unspecified atom stereocenters. The average molecular weight is 207 g/mol. The van der Waals surface area contributed by atoms with Crippen LogP contribution < -0.4 is 15.8 Å². The number of pyridine rings is 1. The van der Waals surface area contributed by atoms with Gasteiger partial charge in [-0.1, -0.05) is 0 Å². The minimum Gasteiger partial charge on any atom is -0.493 e. The van der Waals surface area contributed by atoms with Crippen molar-refractivity contribution in [1.82, 2.24) is 10.3 Å². The minimum atomic E-state index is 0.506. The van der Waals surface area contributed by atoms with E-state index in [9.17, 15) is 0 Å². The molecule has 1 aromatic heterocycles. The Morgan fingerprint density at radius 3 is 3.27 bits per heavy atom. The number of rotatable bonds is 4. The number of aromatic nitrogens is 1. The fourth-order valence-corrected chi connectivity index (χ4v) is 1.84. The second-order valence-corrected chi connectivity index (χ2v) is 3.85. The molecule has 3 N–H and O–H groups in total. The number of nitrogens with one attached hydrogen (secondary N) is 1. The molecule has 2 heterocycles. The molecule has 0 aliphatic carbocycles. The first-order valence-electron chi connectivity index (χ1n) is 5.42. The third kappa shape index (κ3) is 3.09. The van der Waals surface area contributed by atoms with Crippen molar-refractivity contribution >= 4 is 5.82 Å². The summed E-state index contributed by atoms with van der Waals surface area (Å²) in [5, 5.41) is 3.44. The summed E-state index contributed by atoms with van der Waals surface area (Å²) in [5.41, 5.74) is 5.55. The van der Waals surface area contributed by atoms with E-state index in [1.54, 1.807) is 12.3 Å². The highest BCUT2D eigenvalue weighted by molar-refractivity contribution is 5.35. The molecule has 1 fully saturated rings. The lowest BCUT2D eigenvalue weighted by Crippen LogP contribution is -2.23. The van der Waals surface area contributed by atoms with Gasteiger partial charge in [0.2, 0.25) is 0 Å². The second kappa shape index (κ2) is 4.98. The van der Waals surface area contributed by atoms with Crippen LogP contribution in [0, 0.1) is 0 Å². The SMILES string of the molecule is Nc1cc(OCCC2CCCN2)ccn1. The van der Waals surface area contributed by atoms with Crippen molar-refractivity contribution in [2.75, 3.05) is 18.9 Å². The van der Waals surface area contributed by atoms with E-state index in [0.717, 1.165) is 25.3 Å². The number of ether oxygens (including phenoxy) is 1. The Balaban J connectivity index is 1.73. The van der Waals surface area contributed by atoms with Crippen LogP contribution in [0.1, 0.15) is 19.3 Å². The van der Waals surface area contributed by atoms with Crippen LogP contribution in [0.4, 0.5) is 5.82 Å². The standard InChI is InChI=1S/C11H17N3O/c12-11-8-10(3-6-14-11)15-7-4-9-2-1-5-13-9/h3,6,8-9,13H,1-2,4-5,7H2,(H2,12,14). The summed E-state index contributed by atoms with van der Waals surface area (Å²) in [7, 11) is 0. The predicted octanol–water partition coefficient (Wildman–Crippen LogP) is 1.18. The van der Waals surface area contributed by atoms with Gasteiger partial charge in [0.1, 0.15) is 11.6 Å². The zero-order chi connectivity index (χ0) is 10.5. The molecule has 82 valence electrons. The maximum absolute atomic E-state index is 5.59. The number of nitrogen functional groups attached to an aromatic ring is 1. The zero-order valence-electron chi connectivity index (χ0n) is 8.78. The van der Waals surface area contributed by atoms with E-state index in [1.165, 1.54) is 12.8 Å². The fourth-order valence-electron chi connectivity index (χ4n) is 1.84. The summed E-state index contributed by atoms with van der Waals surface area (Å²) >= 11 is 0. The van der Waals surface area contributed by atoms with E-state index in [0.29, 0.717) is 11.9 Å². The molecule has 1 atom stereocenters. The molecule has 4 heteroatoms. The number of hydrogen-bond donors (Lipinski definition) is 2. The van der Waals surface area contributed by atoms with Gasteiger partial charge in [0.25, 0.3) is 0 Å². The first kappa shape index (κ1) is 10.2. The number of anilines is 1. The molecule has 1 aliphatic rings. The van der Waals surface area contributed by atoms with Crippen LogP contribution in [0.25, 0.3) is 0 Å². The first-order valence-corrected chi connectivity index (χ1v) is 5.42. The van der Waals surface area contributed by atoms with Gasteiger partial charge in [0, 0.05) is 18.3 Å². The van der Waals surface area contributed by atoms with E-state index in [1.807, 2.05) is 6.07 Å². The molecule has 0 amide bonds. The number of nitrogens with zero attached hydrogens (tertiary/aromatic N) is 1. The molecule has 0 spiro atoms. The van der Waals surface area contributed by atoms with Gasteiger partial charge >= 0.3 is 0 Å². The van der Waals surface area contributed by atoms with E-state index >= 15 is 0 Å². The molecular formula is C11H17N3O. The first-order chi connectivity index (χ1) is 7.34. The molecular weight excluding hydrogens is 190 g/mol. The van der Waals surface area contributed by atoms with Gasteiger partial charge in [-0.2, -0.15) is 0 Å². The van der Waals surface area contributed by atoms with Gasteiger partial charge in [-0.3, -0.25) is 0 Å². The van der Waals surface area contributed by atoms with Crippen molar-refractivity contribution in [3.8, 4) is 5.75 Å². The van der Waals surface area contributed by atoms with Gasteiger partial charge in [-0.05, 0) is 31.9 Å². The number of hydrogen-bond acceptors (Lipinski definition) is 4. The smallest absolute Gasteiger partial charge is 0.126 e. The molecule has 0 bridgehead atoms. The maximum atomic E-state index is 5.59. The third-order valence-corrected chi connectivity index (χ3v) is 2.65. The van der Waals surface area contributed by atoms with Gasteiger partial charge < -0.3 is 15.8 Å². The highest BCUT2D eigenvalue weighted by Gasteiger charge is 2.13. The van der Waals surface area contributed by atoms with E-state index in [-0.39, 0.29) is 0 Å². The Hall–Kier alpha value is -1.29. The molecule has 1 aliphatic heterocycles. The zero-order valence-corrected chi connectivity index (χ0v) is 8.78. The molecule has 0 aromatic carbocycles. The highest BCUT2D eigenvalue weighted by atomic mass is 16.5. The molecule has 0 radical (unpaired) electrons. The van der Waals surface area contributed by atoms with Crippen LogP contribution in [0.15, 0.2) is 18.3 Å². The van der Waals surface area contributed by atoms with Crippen LogP contribution in [0.2, 0.25) is 0 Å². The predicted molar refractivity (Wildman–Crippen MR) is 59.8 cm³/mol. The van der Waals surface area contributed by atoms with Crippen LogP contribution in [0.3, 0.4) is 0 Å². The second-order valence-electron chi connectivity index (χ2n) is 3.85. The Morgan fingerprint density at radius 1 is 1.60 bits per heavy atom. The van der Waals surface area contributed by atoms with Gasteiger partial charge in [-0.25, -0.2) is 4.98 Å². The van der Waals surface area contributed by atoms with E-state index in [4.69, 9.17) is 10.5 Å². The largest absolute Gasteiger partial charge is 0.493 e. The van der Waals surface area contributed by atoms with Gasteiger partial charge in [0.15, 0.2) is 0 Å². The molecule has 2 rings (SSSR count). The number of nitrogens with two attached hydrogens (primary N) is 1. The average Bonchev–Trinajstić information content (AvgIpc) is 2.71. The Bertz CT molecular complexity index is 310. The van der Waals surface area contributed by atoms with Crippen molar-refractivity contribution in [2.45, 2.75) is 25.3 Å². The summed E-state index contributed by atoms with van der Waals surface area (Å²) in [6.45, 7) is 1.88. The van der Waals surface area contributed by atoms with Crippen LogP contribution in [-0.2, 0) is 0 Å². The normalized spacial score (nSPS) is 20.4. The lowest BCUT2D eigenvalue weighted by molar-refractivity contribution is 0.292. The summed E-state index contributed by atoms with van der Waals surface area (Å²) in [5.74, 6) is 1.31. The third-order valence-electron chi connectivity index (χ3n) is 2.65. The van der Waals surface area contributed by atoms with Crippen molar-refractivity contribution in [3.05, 3.63) is 18.3 Å². The molecule has 1 aromatic rings.